The molecule has 6 nitrogen and oxygen atoms in total. The van der Waals surface area contributed by atoms with Crippen molar-refractivity contribution < 1.29 is 9.15 Å². The highest BCUT2D eigenvalue weighted by molar-refractivity contribution is 5.27. The van der Waals surface area contributed by atoms with E-state index in [1.165, 1.54) is 0 Å². The van der Waals surface area contributed by atoms with Gasteiger partial charge in [-0.15, -0.1) is 5.10 Å². The highest BCUT2D eigenvalue weighted by Gasteiger charge is 2.29. The molecule has 1 N–H and O–H groups in total. The molecule has 18 heavy (non-hydrogen) atoms. The summed E-state index contributed by atoms with van der Waals surface area (Å²) >= 11 is 0. The summed E-state index contributed by atoms with van der Waals surface area (Å²) < 4.78 is 11.1. The second-order valence-electron chi connectivity index (χ2n) is 4.86. The van der Waals surface area contributed by atoms with Gasteiger partial charge in [0.1, 0.15) is 0 Å². The maximum atomic E-state index is 5.72. The number of methoxy groups -OCH3 is 1. The van der Waals surface area contributed by atoms with E-state index in [-0.39, 0.29) is 6.04 Å². The normalized spacial score (nSPS) is 26.3. The van der Waals surface area contributed by atoms with Crippen molar-refractivity contribution in [1.82, 2.24) is 15.5 Å². The summed E-state index contributed by atoms with van der Waals surface area (Å²) in [6, 6.07) is 1.06. The van der Waals surface area contributed by atoms with E-state index in [0.717, 1.165) is 19.4 Å². The zero-order valence-corrected chi connectivity index (χ0v) is 11.5. The predicted octanol–water partition coefficient (Wildman–Crippen LogP) is 1.35. The van der Waals surface area contributed by atoms with E-state index >= 15 is 0 Å². The molecule has 6 heteroatoms. The Kier molecular flexibility index (Phi) is 4.19. The van der Waals surface area contributed by atoms with Crippen molar-refractivity contribution in [2.24, 2.45) is 0 Å². The van der Waals surface area contributed by atoms with E-state index in [2.05, 4.69) is 27.3 Å². The average Bonchev–Trinajstić information content (AvgIpc) is 2.87. The summed E-state index contributed by atoms with van der Waals surface area (Å²) in [4.78, 5) is 2.16. The maximum Gasteiger partial charge on any atom is 0.318 e. The van der Waals surface area contributed by atoms with Gasteiger partial charge in [0, 0.05) is 19.7 Å². The van der Waals surface area contributed by atoms with Crippen LogP contribution in [0.5, 0.6) is 0 Å². The van der Waals surface area contributed by atoms with Crippen LogP contribution in [0.15, 0.2) is 4.42 Å². The summed E-state index contributed by atoms with van der Waals surface area (Å²) in [6.45, 7) is 5.06. The molecule has 0 saturated carbocycles. The van der Waals surface area contributed by atoms with Gasteiger partial charge in [0.05, 0.1) is 12.1 Å². The molecule has 0 amide bonds. The minimum atomic E-state index is 0.0815. The molecule has 0 bridgehead atoms. The number of hydrogen-bond donors (Lipinski definition) is 1. The molecule has 1 aliphatic rings. The third-order valence-corrected chi connectivity index (χ3v) is 3.64. The van der Waals surface area contributed by atoms with Crippen LogP contribution in [0.2, 0.25) is 0 Å². The van der Waals surface area contributed by atoms with E-state index in [9.17, 15) is 0 Å². The topological polar surface area (TPSA) is 63.4 Å². The van der Waals surface area contributed by atoms with E-state index in [1.54, 1.807) is 7.11 Å². The van der Waals surface area contributed by atoms with Crippen molar-refractivity contribution in [3.63, 3.8) is 0 Å². The highest BCUT2D eigenvalue weighted by Crippen LogP contribution is 2.26. The highest BCUT2D eigenvalue weighted by atomic mass is 16.5. The predicted molar refractivity (Wildman–Crippen MR) is 68.6 cm³/mol. The van der Waals surface area contributed by atoms with Gasteiger partial charge in [-0.1, -0.05) is 5.10 Å². The molecule has 1 aliphatic heterocycles. The maximum absolute atomic E-state index is 5.72. The fraction of sp³-hybridized carbons (Fsp3) is 0.833. The molecule has 3 unspecified atom stereocenters. The van der Waals surface area contributed by atoms with Gasteiger partial charge in [-0.2, -0.15) is 0 Å². The molecule has 2 rings (SSSR count). The monoisotopic (exact) mass is 254 g/mol. The number of ether oxygens (including phenoxy) is 1. The number of hydrogen-bond acceptors (Lipinski definition) is 6. The number of nitrogens with one attached hydrogen (secondary N) is 1. The lowest BCUT2D eigenvalue weighted by Crippen LogP contribution is -2.43. The van der Waals surface area contributed by atoms with Crippen LogP contribution in [0.4, 0.5) is 6.01 Å². The summed E-state index contributed by atoms with van der Waals surface area (Å²) in [5, 5.41) is 11.3. The Morgan fingerprint density at radius 3 is 2.89 bits per heavy atom. The first-order valence-corrected chi connectivity index (χ1v) is 6.45. The van der Waals surface area contributed by atoms with Crippen LogP contribution in [0, 0.1) is 0 Å². The van der Waals surface area contributed by atoms with E-state index in [1.807, 2.05) is 14.0 Å². The van der Waals surface area contributed by atoms with Gasteiger partial charge in [-0.25, -0.2) is 0 Å². The van der Waals surface area contributed by atoms with Crippen molar-refractivity contribution >= 4 is 6.01 Å². The average molecular weight is 254 g/mol. The van der Waals surface area contributed by atoms with Crippen molar-refractivity contribution in [2.45, 2.75) is 44.9 Å². The summed E-state index contributed by atoms with van der Waals surface area (Å²) in [5.41, 5.74) is 0. The minimum absolute atomic E-state index is 0.0815. The molecular formula is C12H22N4O2. The number of rotatable bonds is 4. The standard InChI is InChI=1S/C12H22N4O2/c1-8-7-10(17-4)5-6-16(8)12-15-14-11(18-12)9(2)13-3/h8-10,13H,5-7H2,1-4H3. The second kappa shape index (κ2) is 5.67. The first-order chi connectivity index (χ1) is 8.65. The fourth-order valence-electron chi connectivity index (χ4n) is 2.27. The zero-order chi connectivity index (χ0) is 13.1. The molecule has 1 aromatic heterocycles. The van der Waals surface area contributed by atoms with Gasteiger partial charge in [0.2, 0.25) is 5.89 Å². The molecular weight excluding hydrogens is 232 g/mol. The zero-order valence-electron chi connectivity index (χ0n) is 11.5. The van der Waals surface area contributed by atoms with E-state index < -0.39 is 0 Å². The molecule has 2 heterocycles. The third-order valence-electron chi connectivity index (χ3n) is 3.64. The van der Waals surface area contributed by atoms with Crippen LogP contribution in [-0.4, -0.2) is 43.0 Å². The van der Waals surface area contributed by atoms with Gasteiger partial charge < -0.3 is 19.4 Å². The lowest BCUT2D eigenvalue weighted by Gasteiger charge is -2.35. The number of nitrogens with zero attached hydrogens (tertiary/aromatic N) is 3. The molecule has 1 saturated heterocycles. The summed E-state index contributed by atoms with van der Waals surface area (Å²) in [5.74, 6) is 0.633. The van der Waals surface area contributed by atoms with Crippen LogP contribution in [0.25, 0.3) is 0 Å². The molecule has 0 spiro atoms. The number of aromatic nitrogens is 2. The van der Waals surface area contributed by atoms with Crippen LogP contribution >= 0.6 is 0 Å². The van der Waals surface area contributed by atoms with E-state index in [4.69, 9.17) is 9.15 Å². The molecule has 0 aromatic carbocycles. The Balaban J connectivity index is 2.05. The van der Waals surface area contributed by atoms with Crippen molar-refractivity contribution in [3.8, 4) is 0 Å². The van der Waals surface area contributed by atoms with E-state index in [0.29, 0.717) is 24.1 Å². The lowest BCUT2D eigenvalue weighted by molar-refractivity contribution is 0.0709. The summed E-state index contributed by atoms with van der Waals surface area (Å²) in [6.07, 6.45) is 2.34. The largest absolute Gasteiger partial charge is 0.406 e. The molecule has 3 atom stereocenters. The lowest BCUT2D eigenvalue weighted by atomic mass is 10.0. The molecule has 1 aromatic rings. The number of anilines is 1. The van der Waals surface area contributed by atoms with Crippen LogP contribution in [0.1, 0.15) is 38.6 Å². The van der Waals surface area contributed by atoms with Gasteiger partial charge in [0.25, 0.3) is 0 Å². The Morgan fingerprint density at radius 2 is 2.28 bits per heavy atom. The van der Waals surface area contributed by atoms with Crippen molar-refractivity contribution in [3.05, 3.63) is 5.89 Å². The quantitative estimate of drug-likeness (QED) is 0.875. The van der Waals surface area contributed by atoms with Crippen LogP contribution < -0.4 is 10.2 Å². The van der Waals surface area contributed by atoms with Gasteiger partial charge >= 0.3 is 6.01 Å². The second-order valence-corrected chi connectivity index (χ2v) is 4.86. The van der Waals surface area contributed by atoms with Crippen molar-refractivity contribution in [2.75, 3.05) is 25.6 Å². The molecule has 1 fully saturated rings. The molecule has 102 valence electrons. The Bertz CT molecular complexity index is 382. The minimum Gasteiger partial charge on any atom is -0.406 e. The molecule has 0 radical (unpaired) electrons. The third kappa shape index (κ3) is 2.64. The van der Waals surface area contributed by atoms with Crippen molar-refractivity contribution in [1.29, 1.82) is 0 Å². The van der Waals surface area contributed by atoms with Gasteiger partial charge in [-0.3, -0.25) is 0 Å². The van der Waals surface area contributed by atoms with Crippen LogP contribution in [0.3, 0.4) is 0 Å². The fourth-order valence-corrected chi connectivity index (χ4v) is 2.27. The van der Waals surface area contributed by atoms with Crippen LogP contribution in [-0.2, 0) is 4.74 Å². The number of piperidine rings is 1. The first kappa shape index (κ1) is 13.3. The smallest absolute Gasteiger partial charge is 0.318 e. The Hall–Kier alpha value is -1.14. The SMILES string of the molecule is CNC(C)c1nnc(N2CCC(OC)CC2C)o1. The van der Waals surface area contributed by atoms with Gasteiger partial charge in [-0.05, 0) is 33.7 Å². The Morgan fingerprint density at radius 1 is 1.50 bits per heavy atom. The Labute approximate surface area is 108 Å². The first-order valence-electron chi connectivity index (χ1n) is 6.45. The summed E-state index contributed by atoms with van der Waals surface area (Å²) in [7, 11) is 3.65. The molecule has 0 aliphatic carbocycles. The van der Waals surface area contributed by atoms with Gasteiger partial charge in [0.15, 0.2) is 0 Å².